The number of nitrogens with zero attached hydrogens (tertiary/aromatic N) is 3. The fraction of sp³-hybridized carbons (Fsp3) is 0.440. The van der Waals surface area contributed by atoms with E-state index in [1.165, 1.54) is 34.2 Å². The molecule has 0 saturated heterocycles. The van der Waals surface area contributed by atoms with Gasteiger partial charge in [-0.15, -0.1) is 0 Å². The monoisotopic (exact) mass is 485 g/mol. The zero-order valence-electron chi connectivity index (χ0n) is 19.7. The second-order valence-corrected chi connectivity index (χ2v) is 11.7. The molecule has 2 aromatic carbocycles. The molecule has 0 spiro atoms. The van der Waals surface area contributed by atoms with Gasteiger partial charge in [0.25, 0.3) is 5.91 Å². The summed E-state index contributed by atoms with van der Waals surface area (Å²) in [4.78, 5) is 18.2. The Bertz CT molecular complexity index is 1350. The summed E-state index contributed by atoms with van der Waals surface area (Å²) in [6.45, 7) is 6.88. The number of benzene rings is 2. The molecule has 1 amide bonds. The first-order chi connectivity index (χ1) is 15.7. The van der Waals surface area contributed by atoms with Crippen LogP contribution in [0.2, 0.25) is 0 Å². The Kier molecular flexibility index (Phi) is 6.88. The van der Waals surface area contributed by atoms with E-state index in [4.69, 9.17) is 0 Å². The third kappa shape index (κ3) is 4.56. The fourth-order valence-corrected chi connectivity index (χ4v) is 7.24. The van der Waals surface area contributed by atoms with Gasteiger partial charge in [0.05, 0.1) is 15.1 Å². The van der Waals surface area contributed by atoms with Gasteiger partial charge in [0.1, 0.15) is 0 Å². The van der Waals surface area contributed by atoms with Gasteiger partial charge in [-0.3, -0.25) is 4.79 Å². The number of carbonyl (C=O) groups is 1. The molecule has 1 saturated carbocycles. The lowest BCUT2D eigenvalue weighted by atomic mass is 9.96. The van der Waals surface area contributed by atoms with E-state index in [2.05, 4.69) is 35.5 Å². The third-order valence-corrected chi connectivity index (χ3v) is 9.74. The Morgan fingerprint density at radius 2 is 1.70 bits per heavy atom. The molecule has 0 unspecified atom stereocenters. The predicted octanol–water partition coefficient (Wildman–Crippen LogP) is 5.03. The molecule has 3 aromatic rings. The minimum absolute atomic E-state index is 0.0458. The summed E-state index contributed by atoms with van der Waals surface area (Å²) in [5, 5.41) is 0. The molecular weight excluding hydrogens is 454 g/mol. The number of hydrogen-bond donors (Lipinski definition) is 0. The van der Waals surface area contributed by atoms with E-state index < -0.39 is 10.0 Å². The van der Waals surface area contributed by atoms with Gasteiger partial charge in [0.2, 0.25) is 10.0 Å². The highest BCUT2D eigenvalue weighted by molar-refractivity contribution is 7.89. The number of rotatable bonds is 5. The van der Waals surface area contributed by atoms with Crippen molar-refractivity contribution in [1.82, 2.24) is 8.87 Å². The van der Waals surface area contributed by atoms with Crippen LogP contribution in [0.15, 0.2) is 46.3 Å². The predicted molar refractivity (Wildman–Crippen MR) is 133 cm³/mol. The summed E-state index contributed by atoms with van der Waals surface area (Å²) >= 11 is 1.51. The van der Waals surface area contributed by atoms with Gasteiger partial charge in [-0.2, -0.15) is 9.30 Å². The van der Waals surface area contributed by atoms with Crippen molar-refractivity contribution in [2.75, 3.05) is 7.05 Å². The molecule has 8 heteroatoms. The van der Waals surface area contributed by atoms with Gasteiger partial charge < -0.3 is 4.57 Å². The molecule has 0 aliphatic heterocycles. The number of amides is 1. The van der Waals surface area contributed by atoms with Crippen molar-refractivity contribution in [2.45, 2.75) is 70.4 Å². The average Bonchev–Trinajstić information content (AvgIpc) is 3.21. The van der Waals surface area contributed by atoms with Gasteiger partial charge in [-0.25, -0.2) is 8.42 Å². The minimum atomic E-state index is -3.59. The first-order valence-corrected chi connectivity index (χ1v) is 13.8. The molecule has 6 nitrogen and oxygen atoms in total. The largest absolute Gasteiger partial charge is 0.316 e. The number of aromatic nitrogens is 1. The first-order valence-electron chi connectivity index (χ1n) is 11.5. The smallest absolute Gasteiger partial charge is 0.279 e. The van der Waals surface area contributed by atoms with Crippen LogP contribution in [0, 0.1) is 13.8 Å². The molecule has 0 atom stereocenters. The van der Waals surface area contributed by atoms with Crippen molar-refractivity contribution in [3.8, 4) is 0 Å². The van der Waals surface area contributed by atoms with Crippen molar-refractivity contribution in [3.63, 3.8) is 0 Å². The highest BCUT2D eigenvalue weighted by atomic mass is 32.2. The van der Waals surface area contributed by atoms with Crippen molar-refractivity contribution in [1.29, 1.82) is 0 Å². The molecular formula is C25H31N3O3S2. The van der Waals surface area contributed by atoms with Gasteiger partial charge in [0, 0.05) is 25.2 Å². The summed E-state index contributed by atoms with van der Waals surface area (Å²) < 4.78 is 30.8. The maximum atomic E-state index is 13.1. The lowest BCUT2D eigenvalue weighted by Crippen LogP contribution is -2.38. The van der Waals surface area contributed by atoms with Crippen LogP contribution in [-0.4, -0.2) is 36.3 Å². The van der Waals surface area contributed by atoms with Crippen LogP contribution in [-0.2, 0) is 16.6 Å². The molecule has 0 bridgehead atoms. The Morgan fingerprint density at radius 1 is 1.06 bits per heavy atom. The standard InChI is InChI=1S/C25H31N3O3S2/c1-5-28-22-17(2)11-12-18(3)23(22)32-25(28)26-24(29)19-13-15-21(16-14-19)33(30,31)27(4)20-9-7-6-8-10-20/h11-16,20H,5-10H2,1-4H3. The van der Waals surface area contributed by atoms with E-state index in [1.54, 1.807) is 19.2 Å². The lowest BCUT2D eigenvalue weighted by Gasteiger charge is -2.30. The lowest BCUT2D eigenvalue weighted by molar-refractivity contribution is 0.0997. The van der Waals surface area contributed by atoms with E-state index in [0.717, 1.165) is 47.0 Å². The topological polar surface area (TPSA) is 71.7 Å². The molecule has 1 aliphatic rings. The van der Waals surface area contributed by atoms with Crippen LogP contribution in [0.4, 0.5) is 0 Å². The highest BCUT2D eigenvalue weighted by Crippen LogP contribution is 2.27. The van der Waals surface area contributed by atoms with Crippen LogP contribution in [0.3, 0.4) is 0 Å². The number of thiazole rings is 1. The average molecular weight is 486 g/mol. The van der Waals surface area contributed by atoms with Crippen LogP contribution in [0.5, 0.6) is 0 Å². The van der Waals surface area contributed by atoms with Crippen molar-refractivity contribution < 1.29 is 13.2 Å². The third-order valence-electron chi connectivity index (χ3n) is 6.60. The normalized spacial score (nSPS) is 16.1. The van der Waals surface area contributed by atoms with Crippen LogP contribution >= 0.6 is 11.3 Å². The number of carbonyl (C=O) groups excluding carboxylic acids is 1. The Hall–Kier alpha value is -2.29. The van der Waals surface area contributed by atoms with Gasteiger partial charge >= 0.3 is 0 Å². The first kappa shape index (κ1) is 23.9. The summed E-state index contributed by atoms with van der Waals surface area (Å²) in [5.41, 5.74) is 3.80. The molecule has 33 heavy (non-hydrogen) atoms. The molecule has 1 aliphatic carbocycles. The fourth-order valence-electron chi connectivity index (χ4n) is 4.58. The van der Waals surface area contributed by atoms with Gasteiger partial charge in [-0.05, 0) is 69.0 Å². The number of fused-ring (bicyclic) bond motifs is 1. The highest BCUT2D eigenvalue weighted by Gasteiger charge is 2.29. The van der Waals surface area contributed by atoms with Crippen molar-refractivity contribution in [3.05, 3.63) is 57.9 Å². The quantitative estimate of drug-likeness (QED) is 0.509. The van der Waals surface area contributed by atoms with Gasteiger partial charge in [0.15, 0.2) is 4.80 Å². The maximum absolute atomic E-state index is 13.1. The molecule has 1 heterocycles. The molecule has 176 valence electrons. The number of sulfonamides is 1. The van der Waals surface area contributed by atoms with E-state index in [9.17, 15) is 13.2 Å². The summed E-state index contributed by atoms with van der Waals surface area (Å²) in [6.07, 6.45) is 5.09. The zero-order valence-corrected chi connectivity index (χ0v) is 21.3. The van der Waals surface area contributed by atoms with Crippen molar-refractivity contribution >= 4 is 37.5 Å². The minimum Gasteiger partial charge on any atom is -0.316 e. The molecule has 1 aromatic heterocycles. The maximum Gasteiger partial charge on any atom is 0.279 e. The van der Waals surface area contributed by atoms with E-state index in [1.807, 2.05) is 6.92 Å². The van der Waals surface area contributed by atoms with Crippen LogP contribution < -0.4 is 4.80 Å². The second-order valence-electron chi connectivity index (χ2n) is 8.76. The molecule has 0 N–H and O–H groups in total. The molecule has 0 radical (unpaired) electrons. The van der Waals surface area contributed by atoms with Crippen LogP contribution in [0.25, 0.3) is 10.2 Å². The SMILES string of the molecule is CCn1c(=NC(=O)c2ccc(S(=O)(=O)N(C)C3CCCCC3)cc2)sc2c(C)ccc(C)c21. The van der Waals surface area contributed by atoms with E-state index in [-0.39, 0.29) is 16.8 Å². The van der Waals surface area contributed by atoms with Gasteiger partial charge in [-0.1, -0.05) is 42.7 Å². The van der Waals surface area contributed by atoms with Crippen LogP contribution in [0.1, 0.15) is 60.5 Å². The van der Waals surface area contributed by atoms with E-state index in [0.29, 0.717) is 16.9 Å². The summed E-state index contributed by atoms with van der Waals surface area (Å²) in [6, 6.07) is 10.4. The molecule has 1 fully saturated rings. The number of aryl methyl sites for hydroxylation is 3. The summed E-state index contributed by atoms with van der Waals surface area (Å²) in [7, 11) is -1.93. The number of hydrogen-bond acceptors (Lipinski definition) is 4. The Balaban J connectivity index is 1.64. The summed E-state index contributed by atoms with van der Waals surface area (Å²) in [5.74, 6) is -0.372. The Labute approximate surface area is 199 Å². The molecule has 4 rings (SSSR count). The van der Waals surface area contributed by atoms with E-state index >= 15 is 0 Å². The van der Waals surface area contributed by atoms with Crippen molar-refractivity contribution in [2.24, 2.45) is 4.99 Å². The second kappa shape index (κ2) is 9.52. The zero-order chi connectivity index (χ0) is 23.8. The Morgan fingerprint density at radius 3 is 2.33 bits per heavy atom.